The van der Waals surface area contributed by atoms with Crippen molar-refractivity contribution in [1.82, 2.24) is 0 Å². The van der Waals surface area contributed by atoms with E-state index in [-0.39, 0.29) is 0 Å². The Hall–Kier alpha value is -0.340. The van der Waals surface area contributed by atoms with Crippen molar-refractivity contribution in [1.29, 1.82) is 0 Å². The summed E-state index contributed by atoms with van der Waals surface area (Å²) in [7, 11) is 0. The second-order valence-electron chi connectivity index (χ2n) is 3.35. The van der Waals surface area contributed by atoms with E-state index in [0.717, 1.165) is 20.9 Å². The number of hydrogen-bond acceptors (Lipinski definition) is 2. The van der Waals surface area contributed by atoms with E-state index in [9.17, 15) is 0 Å². The lowest BCUT2D eigenvalue weighted by molar-refractivity contribution is 0.522. The van der Waals surface area contributed by atoms with Crippen LogP contribution < -0.4 is 5.73 Å². The Labute approximate surface area is 87.7 Å². The number of halogens is 1. The van der Waals surface area contributed by atoms with E-state index in [4.69, 9.17) is 17.3 Å². The fourth-order valence-electron chi connectivity index (χ4n) is 1.28. The van der Waals surface area contributed by atoms with Crippen molar-refractivity contribution >= 4 is 29.1 Å². The van der Waals surface area contributed by atoms with Gasteiger partial charge in [0.05, 0.1) is 0 Å². The van der Waals surface area contributed by atoms with Gasteiger partial charge in [0.2, 0.25) is 0 Å². The second kappa shape index (κ2) is 3.81. The first-order valence-electron chi connectivity index (χ1n) is 4.47. The Morgan fingerprint density at radius 2 is 2.15 bits per heavy atom. The zero-order valence-corrected chi connectivity index (χ0v) is 8.87. The van der Waals surface area contributed by atoms with Gasteiger partial charge in [0, 0.05) is 20.9 Å². The van der Waals surface area contributed by atoms with Crippen molar-refractivity contribution in [2.45, 2.75) is 29.4 Å². The molecule has 3 heteroatoms. The van der Waals surface area contributed by atoms with Gasteiger partial charge in [-0.25, -0.2) is 0 Å². The molecule has 13 heavy (non-hydrogen) atoms. The number of nitrogens with two attached hydrogens (primary N) is 1. The lowest BCUT2D eigenvalue weighted by atomic mass is 10.0. The van der Waals surface area contributed by atoms with Crippen LogP contribution >= 0.6 is 23.4 Å². The molecule has 0 unspecified atom stereocenters. The molecule has 1 fully saturated rings. The smallest absolute Gasteiger partial charge is 0.0453 e. The molecule has 0 saturated heterocycles. The summed E-state index contributed by atoms with van der Waals surface area (Å²) in [5.41, 5.74) is 6.69. The van der Waals surface area contributed by atoms with Gasteiger partial charge in [0.25, 0.3) is 0 Å². The fourth-order valence-corrected chi connectivity index (χ4v) is 2.84. The molecule has 0 amide bonds. The maximum absolute atomic E-state index is 5.89. The van der Waals surface area contributed by atoms with Crippen molar-refractivity contribution in [2.24, 2.45) is 0 Å². The van der Waals surface area contributed by atoms with Gasteiger partial charge in [-0.3, -0.25) is 0 Å². The van der Waals surface area contributed by atoms with Gasteiger partial charge in [0.15, 0.2) is 0 Å². The molecular weight excluding hydrogens is 202 g/mol. The average Bonchev–Trinajstić information content (AvgIpc) is 2.03. The Morgan fingerprint density at radius 3 is 2.77 bits per heavy atom. The predicted molar refractivity (Wildman–Crippen MR) is 59.4 cm³/mol. The van der Waals surface area contributed by atoms with Crippen LogP contribution in [-0.2, 0) is 0 Å². The van der Waals surface area contributed by atoms with Crippen LogP contribution in [0.2, 0.25) is 5.02 Å². The van der Waals surface area contributed by atoms with Crippen LogP contribution in [0.1, 0.15) is 19.3 Å². The molecule has 1 nitrogen and oxygen atoms in total. The highest BCUT2D eigenvalue weighted by molar-refractivity contribution is 8.00. The summed E-state index contributed by atoms with van der Waals surface area (Å²) in [5.74, 6) is 0. The van der Waals surface area contributed by atoms with E-state index in [1.54, 1.807) is 0 Å². The van der Waals surface area contributed by atoms with Crippen LogP contribution in [0.15, 0.2) is 23.1 Å². The highest BCUT2D eigenvalue weighted by atomic mass is 35.5. The van der Waals surface area contributed by atoms with Crippen LogP contribution in [-0.4, -0.2) is 5.25 Å². The van der Waals surface area contributed by atoms with E-state index < -0.39 is 0 Å². The monoisotopic (exact) mass is 213 g/mol. The molecule has 1 aromatic rings. The third kappa shape index (κ3) is 2.12. The summed E-state index contributed by atoms with van der Waals surface area (Å²) in [6.45, 7) is 0. The zero-order chi connectivity index (χ0) is 9.26. The van der Waals surface area contributed by atoms with Gasteiger partial charge < -0.3 is 5.73 Å². The summed E-state index contributed by atoms with van der Waals surface area (Å²) >= 11 is 7.75. The highest BCUT2D eigenvalue weighted by Gasteiger charge is 2.19. The van der Waals surface area contributed by atoms with Crippen LogP contribution in [0.3, 0.4) is 0 Å². The maximum Gasteiger partial charge on any atom is 0.0453 e. The van der Waals surface area contributed by atoms with Crippen LogP contribution in [0.5, 0.6) is 0 Å². The third-order valence-electron chi connectivity index (χ3n) is 2.32. The lowest BCUT2D eigenvalue weighted by Gasteiger charge is -2.25. The van der Waals surface area contributed by atoms with E-state index in [0.29, 0.717) is 0 Å². The lowest BCUT2D eigenvalue weighted by Crippen LogP contribution is -2.13. The number of hydrogen-bond donors (Lipinski definition) is 1. The first kappa shape index (κ1) is 9.22. The number of nitrogen functional groups attached to an aromatic ring is 1. The molecule has 0 spiro atoms. The Morgan fingerprint density at radius 1 is 1.38 bits per heavy atom. The minimum absolute atomic E-state index is 0.765. The first-order chi connectivity index (χ1) is 6.25. The molecule has 1 saturated carbocycles. The maximum atomic E-state index is 5.89. The molecule has 0 aromatic heterocycles. The van der Waals surface area contributed by atoms with Crippen molar-refractivity contribution in [3.05, 3.63) is 23.2 Å². The predicted octanol–water partition coefficient (Wildman–Crippen LogP) is 3.57. The molecule has 0 radical (unpaired) electrons. The van der Waals surface area contributed by atoms with Crippen molar-refractivity contribution in [3.8, 4) is 0 Å². The summed E-state index contributed by atoms with van der Waals surface area (Å²) in [4.78, 5) is 1.14. The largest absolute Gasteiger partial charge is 0.398 e. The van der Waals surface area contributed by atoms with Gasteiger partial charge >= 0.3 is 0 Å². The van der Waals surface area contributed by atoms with E-state index in [1.165, 1.54) is 19.3 Å². The molecule has 0 heterocycles. The zero-order valence-electron chi connectivity index (χ0n) is 7.29. The molecule has 0 atom stereocenters. The molecule has 1 aromatic carbocycles. The van der Waals surface area contributed by atoms with Gasteiger partial charge in [-0.05, 0) is 31.0 Å². The van der Waals surface area contributed by atoms with Crippen LogP contribution in [0.4, 0.5) is 5.69 Å². The number of benzene rings is 1. The van der Waals surface area contributed by atoms with Gasteiger partial charge in [-0.15, -0.1) is 11.8 Å². The van der Waals surface area contributed by atoms with E-state index in [1.807, 2.05) is 30.0 Å². The molecule has 1 aliphatic rings. The molecular formula is C10H12ClNS. The average molecular weight is 214 g/mol. The van der Waals surface area contributed by atoms with Crippen molar-refractivity contribution in [3.63, 3.8) is 0 Å². The molecule has 1 aliphatic carbocycles. The Bertz CT molecular complexity index is 310. The third-order valence-corrected chi connectivity index (χ3v) is 3.97. The van der Waals surface area contributed by atoms with Crippen LogP contribution in [0, 0.1) is 0 Å². The van der Waals surface area contributed by atoms with Crippen molar-refractivity contribution in [2.75, 3.05) is 5.73 Å². The molecule has 2 rings (SSSR count). The summed E-state index contributed by atoms with van der Waals surface area (Å²) < 4.78 is 0. The van der Waals surface area contributed by atoms with Gasteiger partial charge in [-0.1, -0.05) is 18.0 Å². The van der Waals surface area contributed by atoms with Crippen LogP contribution in [0.25, 0.3) is 0 Å². The van der Waals surface area contributed by atoms with Gasteiger partial charge in [-0.2, -0.15) is 0 Å². The normalized spacial score (nSPS) is 17.0. The van der Waals surface area contributed by atoms with E-state index >= 15 is 0 Å². The summed E-state index contributed by atoms with van der Waals surface area (Å²) in [6, 6.07) is 5.67. The summed E-state index contributed by atoms with van der Waals surface area (Å²) in [6.07, 6.45) is 3.99. The minimum Gasteiger partial charge on any atom is -0.398 e. The number of thioether (sulfide) groups is 1. The molecule has 70 valence electrons. The number of rotatable bonds is 2. The SMILES string of the molecule is Nc1ccc(Cl)cc1SC1CCC1. The quantitative estimate of drug-likeness (QED) is 0.761. The molecule has 2 N–H and O–H groups in total. The standard InChI is InChI=1S/C10H12ClNS/c11-7-4-5-9(12)10(6-7)13-8-2-1-3-8/h4-6,8H,1-3,12H2. The second-order valence-corrected chi connectivity index (χ2v) is 5.13. The Kier molecular flexibility index (Phi) is 2.70. The first-order valence-corrected chi connectivity index (χ1v) is 5.73. The summed E-state index contributed by atoms with van der Waals surface area (Å²) in [5, 5.41) is 1.54. The molecule has 0 bridgehead atoms. The van der Waals surface area contributed by atoms with E-state index in [2.05, 4.69) is 0 Å². The Balaban J connectivity index is 2.13. The highest BCUT2D eigenvalue weighted by Crippen LogP contribution is 2.39. The van der Waals surface area contributed by atoms with Gasteiger partial charge in [0.1, 0.15) is 0 Å². The topological polar surface area (TPSA) is 26.0 Å². The fraction of sp³-hybridized carbons (Fsp3) is 0.400. The minimum atomic E-state index is 0.765. The molecule has 0 aliphatic heterocycles. The number of anilines is 1. The van der Waals surface area contributed by atoms with Crippen molar-refractivity contribution < 1.29 is 0 Å².